The first-order chi connectivity index (χ1) is 15.6. The predicted octanol–water partition coefficient (Wildman–Crippen LogP) is 6.67. The molecular formula is C26H48N2O4. The van der Waals surface area contributed by atoms with Crippen LogP contribution in [0.25, 0.3) is 0 Å². The monoisotopic (exact) mass is 452 g/mol. The number of carbonyl (C=O) groups is 2. The third-order valence-corrected chi connectivity index (χ3v) is 6.39. The minimum atomic E-state index is -0.674. The highest BCUT2D eigenvalue weighted by atomic mass is 16.4. The second-order valence-corrected chi connectivity index (χ2v) is 9.33. The highest BCUT2D eigenvalue weighted by Crippen LogP contribution is 2.15. The largest absolute Gasteiger partial charge is 0.481 e. The molecule has 32 heavy (non-hydrogen) atoms. The minimum Gasteiger partial charge on any atom is -0.481 e. The smallest absolute Gasteiger partial charge is 0.303 e. The molecule has 6 nitrogen and oxygen atoms in total. The van der Waals surface area contributed by atoms with E-state index in [1.165, 1.54) is 89.3 Å². The number of carboxylic acids is 2. The normalized spacial score (nSPS) is 13.5. The van der Waals surface area contributed by atoms with E-state index >= 15 is 0 Å². The Morgan fingerprint density at radius 3 is 1.50 bits per heavy atom. The van der Waals surface area contributed by atoms with Gasteiger partial charge in [-0.05, 0) is 25.7 Å². The molecule has 1 heterocycles. The van der Waals surface area contributed by atoms with E-state index in [1.807, 2.05) is 0 Å². The van der Waals surface area contributed by atoms with E-state index in [0.717, 1.165) is 51.7 Å². The lowest BCUT2D eigenvalue weighted by Crippen LogP contribution is -2.28. The number of amidine groups is 1. The Morgan fingerprint density at radius 1 is 0.625 bits per heavy atom. The van der Waals surface area contributed by atoms with Crippen molar-refractivity contribution in [2.45, 2.75) is 128 Å². The topological polar surface area (TPSA) is 90.2 Å². The van der Waals surface area contributed by atoms with Gasteiger partial charge in [-0.2, -0.15) is 0 Å². The third-order valence-electron chi connectivity index (χ3n) is 6.39. The van der Waals surface area contributed by atoms with Crippen LogP contribution in [0.2, 0.25) is 0 Å². The lowest BCUT2D eigenvalue weighted by Gasteiger charge is -2.20. The average molecular weight is 453 g/mol. The van der Waals surface area contributed by atoms with Gasteiger partial charge >= 0.3 is 11.9 Å². The summed E-state index contributed by atoms with van der Waals surface area (Å²) in [6.07, 6.45) is 21.9. The number of nitrogens with zero attached hydrogens (tertiary/aromatic N) is 2. The molecule has 186 valence electrons. The maximum atomic E-state index is 10.5. The lowest BCUT2D eigenvalue weighted by atomic mass is 10.1. The van der Waals surface area contributed by atoms with Crippen LogP contribution in [0.5, 0.6) is 0 Å². The first-order valence-electron chi connectivity index (χ1n) is 13.3. The summed E-state index contributed by atoms with van der Waals surface area (Å²) in [5, 5.41) is 17.3. The van der Waals surface area contributed by atoms with Gasteiger partial charge < -0.3 is 15.1 Å². The molecule has 2 N–H and O–H groups in total. The molecule has 6 heteroatoms. The molecule has 0 aliphatic carbocycles. The third kappa shape index (κ3) is 17.0. The van der Waals surface area contributed by atoms with Gasteiger partial charge in [0.25, 0.3) is 0 Å². The standard InChI is InChI=1S/C26H48N2O4/c29-25(30)19-15-11-7-2-1-5-9-13-17-22-28-23-21-27-24(28)18-14-10-6-3-4-8-12-16-20-26(31)32/h1-23H2,(H,29,30)(H,31,32). The summed E-state index contributed by atoms with van der Waals surface area (Å²) in [7, 11) is 0. The molecular weight excluding hydrogens is 404 g/mol. The van der Waals surface area contributed by atoms with Crippen molar-refractivity contribution in [3.63, 3.8) is 0 Å². The predicted molar refractivity (Wildman–Crippen MR) is 131 cm³/mol. The van der Waals surface area contributed by atoms with E-state index < -0.39 is 11.9 Å². The number of aliphatic carboxylic acids is 2. The van der Waals surface area contributed by atoms with Crippen molar-refractivity contribution < 1.29 is 19.8 Å². The van der Waals surface area contributed by atoms with Crippen molar-refractivity contribution in [2.75, 3.05) is 19.6 Å². The fourth-order valence-electron chi connectivity index (χ4n) is 4.44. The molecule has 0 spiro atoms. The van der Waals surface area contributed by atoms with Crippen molar-refractivity contribution in [2.24, 2.45) is 4.99 Å². The molecule has 0 saturated heterocycles. The Morgan fingerprint density at radius 2 is 1.03 bits per heavy atom. The molecule has 0 atom stereocenters. The summed E-state index contributed by atoms with van der Waals surface area (Å²) in [5.74, 6) is -0.0123. The van der Waals surface area contributed by atoms with Crippen LogP contribution in [0, 0.1) is 0 Å². The Hall–Kier alpha value is -1.59. The number of aliphatic imine (C=N–C) groups is 1. The van der Waals surface area contributed by atoms with Crippen LogP contribution in [0.15, 0.2) is 4.99 Å². The van der Waals surface area contributed by atoms with Gasteiger partial charge in [0.1, 0.15) is 0 Å². The van der Waals surface area contributed by atoms with Crippen LogP contribution in [0.3, 0.4) is 0 Å². The van der Waals surface area contributed by atoms with Gasteiger partial charge in [-0.3, -0.25) is 14.6 Å². The Balaban J connectivity index is 1.88. The SMILES string of the molecule is O=C(O)CCCCCCCCCCCN1CCN=C1CCCCCCCCCCC(=O)O. The number of rotatable bonds is 23. The highest BCUT2D eigenvalue weighted by molar-refractivity contribution is 5.83. The van der Waals surface area contributed by atoms with Crippen LogP contribution in [0.1, 0.15) is 128 Å². The number of unbranched alkanes of at least 4 members (excludes halogenated alkanes) is 15. The van der Waals surface area contributed by atoms with Crippen molar-refractivity contribution in [1.29, 1.82) is 0 Å². The van der Waals surface area contributed by atoms with Crippen LogP contribution < -0.4 is 0 Å². The summed E-state index contributed by atoms with van der Waals surface area (Å²) >= 11 is 0. The molecule has 0 bridgehead atoms. The molecule has 0 fully saturated rings. The zero-order chi connectivity index (χ0) is 23.3. The molecule has 0 saturated carbocycles. The Bertz CT molecular complexity index is 522. The zero-order valence-corrected chi connectivity index (χ0v) is 20.4. The second-order valence-electron chi connectivity index (χ2n) is 9.33. The summed E-state index contributed by atoms with van der Waals surface area (Å²) in [4.78, 5) is 28.2. The summed E-state index contributed by atoms with van der Waals surface area (Å²) in [5.41, 5.74) is 0. The van der Waals surface area contributed by atoms with Crippen molar-refractivity contribution in [1.82, 2.24) is 4.90 Å². The molecule has 0 radical (unpaired) electrons. The summed E-state index contributed by atoms with van der Waals surface area (Å²) in [6.45, 7) is 3.22. The zero-order valence-electron chi connectivity index (χ0n) is 20.4. The number of carboxylic acid groups (broad SMARTS) is 2. The van der Waals surface area contributed by atoms with Crippen LogP contribution in [-0.2, 0) is 9.59 Å². The second kappa shape index (κ2) is 20.0. The molecule has 1 aliphatic heterocycles. The molecule has 0 aromatic carbocycles. The van der Waals surface area contributed by atoms with Crippen LogP contribution >= 0.6 is 0 Å². The highest BCUT2D eigenvalue weighted by Gasteiger charge is 2.15. The minimum absolute atomic E-state index is 0.316. The van der Waals surface area contributed by atoms with E-state index in [2.05, 4.69) is 4.90 Å². The maximum Gasteiger partial charge on any atom is 0.303 e. The van der Waals surface area contributed by atoms with Crippen molar-refractivity contribution >= 4 is 17.8 Å². The van der Waals surface area contributed by atoms with E-state index in [4.69, 9.17) is 15.2 Å². The molecule has 0 amide bonds. The first kappa shape index (κ1) is 28.4. The van der Waals surface area contributed by atoms with Crippen molar-refractivity contribution in [3.05, 3.63) is 0 Å². The van der Waals surface area contributed by atoms with Gasteiger partial charge in [0.2, 0.25) is 0 Å². The average Bonchev–Trinajstić information content (AvgIpc) is 3.20. The molecule has 1 aliphatic rings. The molecule has 0 unspecified atom stereocenters. The van der Waals surface area contributed by atoms with Crippen LogP contribution in [0.4, 0.5) is 0 Å². The molecule has 0 aromatic rings. The Labute approximate surface area is 195 Å². The number of hydrogen-bond acceptors (Lipinski definition) is 4. The van der Waals surface area contributed by atoms with Gasteiger partial charge in [0.05, 0.1) is 12.4 Å². The van der Waals surface area contributed by atoms with E-state index in [-0.39, 0.29) is 0 Å². The maximum absolute atomic E-state index is 10.5. The fourth-order valence-corrected chi connectivity index (χ4v) is 4.44. The quantitative estimate of drug-likeness (QED) is 0.169. The number of hydrogen-bond donors (Lipinski definition) is 2. The molecule has 1 rings (SSSR count). The van der Waals surface area contributed by atoms with Gasteiger partial charge in [0.15, 0.2) is 0 Å². The first-order valence-corrected chi connectivity index (χ1v) is 13.3. The molecule has 0 aromatic heterocycles. The van der Waals surface area contributed by atoms with Gasteiger partial charge in [-0.1, -0.05) is 83.5 Å². The fraction of sp³-hybridized carbons (Fsp3) is 0.885. The van der Waals surface area contributed by atoms with E-state index in [0.29, 0.717) is 12.8 Å². The van der Waals surface area contributed by atoms with Crippen molar-refractivity contribution in [3.8, 4) is 0 Å². The van der Waals surface area contributed by atoms with Gasteiger partial charge in [-0.25, -0.2) is 0 Å². The summed E-state index contributed by atoms with van der Waals surface area (Å²) in [6, 6.07) is 0. The van der Waals surface area contributed by atoms with Gasteiger partial charge in [-0.15, -0.1) is 0 Å². The van der Waals surface area contributed by atoms with Gasteiger partial charge in [0, 0.05) is 32.4 Å². The van der Waals surface area contributed by atoms with E-state index in [1.54, 1.807) is 0 Å². The Kier molecular flexibility index (Phi) is 17.8. The summed E-state index contributed by atoms with van der Waals surface area (Å²) < 4.78 is 0. The lowest BCUT2D eigenvalue weighted by molar-refractivity contribution is -0.138. The van der Waals surface area contributed by atoms with Crippen LogP contribution in [-0.4, -0.2) is 52.5 Å². The van der Waals surface area contributed by atoms with E-state index in [9.17, 15) is 9.59 Å².